The van der Waals surface area contributed by atoms with Gasteiger partial charge in [-0.1, -0.05) is 29.8 Å². The summed E-state index contributed by atoms with van der Waals surface area (Å²) in [5, 5.41) is 11.8. The van der Waals surface area contributed by atoms with Crippen molar-refractivity contribution in [3.05, 3.63) is 70.8 Å². The molecule has 0 saturated carbocycles. The zero-order valence-electron chi connectivity index (χ0n) is 11.6. The van der Waals surface area contributed by atoms with E-state index in [0.717, 1.165) is 11.1 Å². The predicted molar refractivity (Wildman–Crippen MR) is 81.7 cm³/mol. The fourth-order valence-electron chi connectivity index (χ4n) is 1.98. The van der Waals surface area contributed by atoms with Crippen LogP contribution in [0.15, 0.2) is 52.9 Å². The van der Waals surface area contributed by atoms with Crippen LogP contribution in [0.3, 0.4) is 0 Å². The molecule has 0 radical (unpaired) electrons. The number of aromatic nitrogens is 2. The molecule has 112 valence electrons. The molecule has 0 aliphatic carbocycles. The molecule has 0 amide bonds. The summed E-state index contributed by atoms with van der Waals surface area (Å²) < 4.78 is 18.4. The second kappa shape index (κ2) is 6.68. The van der Waals surface area contributed by atoms with Gasteiger partial charge in [-0.2, -0.15) is 0 Å². The van der Waals surface area contributed by atoms with Crippen LogP contribution in [0.4, 0.5) is 4.39 Å². The molecule has 3 aromatic rings. The third kappa shape index (κ3) is 3.69. The van der Waals surface area contributed by atoms with Crippen LogP contribution >= 0.6 is 11.6 Å². The van der Waals surface area contributed by atoms with E-state index in [1.54, 1.807) is 24.3 Å². The van der Waals surface area contributed by atoms with Crippen LogP contribution < -0.4 is 5.32 Å². The SMILES string of the molecule is Fc1ccc(CNCc2nnc(-c3cccc(Cl)c3)o2)cc1. The van der Waals surface area contributed by atoms with Crippen molar-refractivity contribution in [1.29, 1.82) is 0 Å². The van der Waals surface area contributed by atoms with Crippen molar-refractivity contribution in [1.82, 2.24) is 15.5 Å². The van der Waals surface area contributed by atoms with Gasteiger partial charge in [0.25, 0.3) is 0 Å². The summed E-state index contributed by atoms with van der Waals surface area (Å²) in [4.78, 5) is 0. The van der Waals surface area contributed by atoms with Crippen molar-refractivity contribution in [3.63, 3.8) is 0 Å². The number of rotatable bonds is 5. The normalized spacial score (nSPS) is 10.8. The molecule has 2 aromatic carbocycles. The Hall–Kier alpha value is -2.24. The Morgan fingerprint density at radius 2 is 1.86 bits per heavy atom. The Labute approximate surface area is 131 Å². The number of benzene rings is 2. The Morgan fingerprint density at radius 3 is 2.64 bits per heavy atom. The molecule has 0 atom stereocenters. The van der Waals surface area contributed by atoms with E-state index in [-0.39, 0.29) is 5.82 Å². The van der Waals surface area contributed by atoms with E-state index in [1.165, 1.54) is 12.1 Å². The molecular weight excluding hydrogens is 305 g/mol. The average molecular weight is 318 g/mol. The molecule has 22 heavy (non-hydrogen) atoms. The molecule has 1 aromatic heterocycles. The highest BCUT2D eigenvalue weighted by Crippen LogP contribution is 2.21. The molecule has 6 heteroatoms. The van der Waals surface area contributed by atoms with Gasteiger partial charge >= 0.3 is 0 Å². The van der Waals surface area contributed by atoms with Gasteiger partial charge in [-0.05, 0) is 35.9 Å². The minimum atomic E-state index is -0.244. The zero-order valence-corrected chi connectivity index (χ0v) is 12.3. The highest BCUT2D eigenvalue weighted by atomic mass is 35.5. The molecule has 0 bridgehead atoms. The van der Waals surface area contributed by atoms with Gasteiger partial charge in [-0.3, -0.25) is 0 Å². The summed E-state index contributed by atoms with van der Waals surface area (Å²) in [6, 6.07) is 13.6. The van der Waals surface area contributed by atoms with Gasteiger partial charge < -0.3 is 9.73 Å². The maximum absolute atomic E-state index is 12.8. The number of halogens is 2. The smallest absolute Gasteiger partial charge is 0.247 e. The molecule has 1 heterocycles. The summed E-state index contributed by atoms with van der Waals surface area (Å²) in [6.45, 7) is 1.03. The topological polar surface area (TPSA) is 51.0 Å². The minimum absolute atomic E-state index is 0.244. The van der Waals surface area contributed by atoms with Gasteiger partial charge in [0.15, 0.2) is 0 Å². The van der Waals surface area contributed by atoms with Gasteiger partial charge in [0.1, 0.15) is 5.82 Å². The fraction of sp³-hybridized carbons (Fsp3) is 0.125. The van der Waals surface area contributed by atoms with Crippen LogP contribution in [0, 0.1) is 5.82 Å². The first-order valence-corrected chi connectivity index (χ1v) is 7.12. The lowest BCUT2D eigenvalue weighted by atomic mass is 10.2. The second-order valence-electron chi connectivity index (χ2n) is 4.74. The van der Waals surface area contributed by atoms with Gasteiger partial charge in [0.05, 0.1) is 6.54 Å². The monoisotopic (exact) mass is 317 g/mol. The summed E-state index contributed by atoms with van der Waals surface area (Å²) in [6.07, 6.45) is 0. The molecule has 4 nitrogen and oxygen atoms in total. The average Bonchev–Trinajstić information content (AvgIpc) is 2.98. The van der Waals surface area contributed by atoms with Gasteiger partial charge in [-0.25, -0.2) is 4.39 Å². The number of hydrogen-bond donors (Lipinski definition) is 1. The Bertz CT molecular complexity index is 758. The zero-order chi connectivity index (χ0) is 15.4. The van der Waals surface area contributed by atoms with Crippen LogP contribution in [0.25, 0.3) is 11.5 Å². The summed E-state index contributed by atoms with van der Waals surface area (Å²) in [5.74, 6) is 0.671. The third-order valence-electron chi connectivity index (χ3n) is 3.06. The Balaban J connectivity index is 1.59. The molecule has 0 unspecified atom stereocenters. The van der Waals surface area contributed by atoms with Crippen molar-refractivity contribution in [3.8, 4) is 11.5 Å². The maximum Gasteiger partial charge on any atom is 0.247 e. The van der Waals surface area contributed by atoms with Crippen LogP contribution in [-0.4, -0.2) is 10.2 Å². The van der Waals surface area contributed by atoms with E-state index >= 15 is 0 Å². The van der Waals surface area contributed by atoms with Gasteiger partial charge in [0.2, 0.25) is 11.8 Å². The van der Waals surface area contributed by atoms with Crippen LogP contribution in [-0.2, 0) is 13.1 Å². The quantitative estimate of drug-likeness (QED) is 0.777. The molecule has 0 saturated heterocycles. The van der Waals surface area contributed by atoms with E-state index in [1.807, 2.05) is 12.1 Å². The van der Waals surface area contributed by atoms with Crippen molar-refractivity contribution in [2.45, 2.75) is 13.1 Å². The van der Waals surface area contributed by atoms with Gasteiger partial charge in [0, 0.05) is 17.1 Å². The fourth-order valence-corrected chi connectivity index (χ4v) is 2.17. The first kappa shape index (κ1) is 14.7. The molecule has 0 aliphatic heterocycles. The van der Waals surface area contributed by atoms with Crippen LogP contribution in [0.5, 0.6) is 0 Å². The first-order valence-electron chi connectivity index (χ1n) is 6.74. The summed E-state index contributed by atoms with van der Waals surface area (Å²) in [5.41, 5.74) is 1.76. The van der Waals surface area contributed by atoms with E-state index in [2.05, 4.69) is 15.5 Å². The van der Waals surface area contributed by atoms with E-state index in [4.69, 9.17) is 16.0 Å². The molecule has 0 fully saturated rings. The molecule has 3 rings (SSSR count). The van der Waals surface area contributed by atoms with Crippen molar-refractivity contribution in [2.24, 2.45) is 0 Å². The lowest BCUT2D eigenvalue weighted by molar-refractivity contribution is 0.477. The first-order chi connectivity index (χ1) is 10.7. The lowest BCUT2D eigenvalue weighted by Crippen LogP contribution is -2.12. The summed E-state index contributed by atoms with van der Waals surface area (Å²) >= 11 is 5.94. The summed E-state index contributed by atoms with van der Waals surface area (Å²) in [7, 11) is 0. The lowest BCUT2D eigenvalue weighted by Gasteiger charge is -2.01. The van der Waals surface area contributed by atoms with Gasteiger partial charge in [-0.15, -0.1) is 10.2 Å². The number of nitrogens with one attached hydrogen (secondary N) is 1. The standard InChI is InChI=1S/C16H13ClFN3O/c17-13-3-1-2-12(8-13)16-21-20-15(22-16)10-19-9-11-4-6-14(18)7-5-11/h1-8,19H,9-10H2. The molecule has 0 spiro atoms. The highest BCUT2D eigenvalue weighted by Gasteiger charge is 2.08. The van der Waals surface area contributed by atoms with E-state index < -0.39 is 0 Å². The van der Waals surface area contributed by atoms with E-state index in [0.29, 0.717) is 29.9 Å². The molecule has 0 aliphatic rings. The second-order valence-corrected chi connectivity index (χ2v) is 5.18. The van der Waals surface area contributed by atoms with Crippen LogP contribution in [0.1, 0.15) is 11.5 Å². The Kier molecular flexibility index (Phi) is 4.46. The molecule has 1 N–H and O–H groups in total. The van der Waals surface area contributed by atoms with E-state index in [9.17, 15) is 4.39 Å². The number of hydrogen-bond acceptors (Lipinski definition) is 4. The predicted octanol–water partition coefficient (Wildman–Crippen LogP) is 3.82. The maximum atomic E-state index is 12.8. The largest absolute Gasteiger partial charge is 0.419 e. The van der Waals surface area contributed by atoms with Crippen molar-refractivity contribution in [2.75, 3.05) is 0 Å². The molecular formula is C16H13ClFN3O. The van der Waals surface area contributed by atoms with Crippen LogP contribution in [0.2, 0.25) is 5.02 Å². The van der Waals surface area contributed by atoms with Crippen molar-refractivity contribution >= 4 is 11.6 Å². The number of nitrogens with zero attached hydrogens (tertiary/aromatic N) is 2. The highest BCUT2D eigenvalue weighted by molar-refractivity contribution is 6.30. The minimum Gasteiger partial charge on any atom is -0.419 e. The van der Waals surface area contributed by atoms with Crippen molar-refractivity contribution < 1.29 is 8.81 Å². The third-order valence-corrected chi connectivity index (χ3v) is 3.29. The Morgan fingerprint density at radius 1 is 1.05 bits per heavy atom.